The van der Waals surface area contributed by atoms with E-state index in [1.165, 1.54) is 55.6 Å². The van der Waals surface area contributed by atoms with Crippen LogP contribution in [0.15, 0.2) is 377 Å². The van der Waals surface area contributed by atoms with Crippen LogP contribution in [0.3, 0.4) is 0 Å². The van der Waals surface area contributed by atoms with E-state index in [2.05, 4.69) is 198 Å². The van der Waals surface area contributed by atoms with Gasteiger partial charge in [0.25, 0.3) is 0 Å². The minimum Gasteiger partial charge on any atom is -0.456 e. The van der Waals surface area contributed by atoms with Gasteiger partial charge in [0.2, 0.25) is 0 Å². The second-order valence-electron chi connectivity index (χ2n) is 34.1. The topological polar surface area (TPSA) is 168 Å². The molecule has 598 valence electrons. The van der Waals surface area contributed by atoms with Crippen molar-refractivity contribution in [1.82, 2.24) is 49.8 Å². The van der Waals surface area contributed by atoms with E-state index in [1.807, 2.05) is 206 Å². The standard InChI is InChI=1S/C42H29N3O.C36H25N3O.C35H24N4O/c1-42(2)35-24-34-31-19-9-10-22-36(31)46-37(34)25-33(35)32-21-12-20-30(38(32)42)28-17-11-18-29(23-28)41-44-39(26-13-5-3-6-14-26)43-40(45-41)27-15-7-4-8-16-27;1-36(2)28-18-11-17-25(32(28)27-21-31-26(20-29(27)36)24-16-9-10-19-30(24)40-31)35-38-33(22-12-5-3-6-13-22)37-34(39-35)23-14-7-4-8-15-23;1-35(2)26-15-10-14-23(31(26)25-20-30-24(19-27(25)35)22-13-6-7-17-29(22)40-30)33-37-32(21-11-4-3-5-12-21)38-34(39-33)28-16-8-9-18-36-28/h3-25H,1-2H3;3-21H,1-2H3;3-20H,1-2H3. The molecular weight excluding hydrogens is 1550 g/mol. The number of hydrogen-bond acceptors (Lipinski definition) is 13. The molecular formula is C113H78N10O3. The molecule has 0 aliphatic heterocycles. The van der Waals surface area contributed by atoms with Crippen LogP contribution in [0.5, 0.6) is 0 Å². The van der Waals surface area contributed by atoms with Gasteiger partial charge in [-0.25, -0.2) is 44.9 Å². The monoisotopic (exact) mass is 1620 g/mol. The molecule has 7 heterocycles. The molecule has 13 heteroatoms. The Labute approximate surface area is 726 Å². The zero-order valence-corrected chi connectivity index (χ0v) is 69.8. The second kappa shape index (κ2) is 29.6. The van der Waals surface area contributed by atoms with Crippen LogP contribution in [0, 0.1) is 0 Å². The number of nitrogens with zero attached hydrogens (tertiary/aromatic N) is 10. The molecule has 3 aliphatic carbocycles. The van der Waals surface area contributed by atoms with Gasteiger partial charge in [-0.15, -0.1) is 0 Å². The van der Waals surface area contributed by atoms with E-state index >= 15 is 0 Å². The highest BCUT2D eigenvalue weighted by Crippen LogP contribution is 2.58. The average molecular weight is 1620 g/mol. The van der Waals surface area contributed by atoms with Gasteiger partial charge >= 0.3 is 0 Å². The van der Waals surface area contributed by atoms with Crippen LogP contribution < -0.4 is 0 Å². The SMILES string of the molecule is CC1(C)c2cc3c(cc2-c2c(-c4nc(-c5ccccc5)nc(-c5ccccc5)n4)cccc21)oc1ccccc13.CC1(C)c2cc3c(cc2-c2c(-c4nc(-c5ccccc5)nc(-c5ccccn5)n4)cccc21)oc1ccccc13.CC1(C)c2cc3c(cc2-c2cccc(-c4cccc(-c5nc(-c6ccccc6)nc(-c6ccccc6)n5)c4)c21)oc1ccccc13. The van der Waals surface area contributed by atoms with Crippen molar-refractivity contribution in [2.24, 2.45) is 0 Å². The molecule has 22 aromatic rings. The highest BCUT2D eigenvalue weighted by atomic mass is 16.3. The summed E-state index contributed by atoms with van der Waals surface area (Å²) in [6.07, 6.45) is 1.76. The van der Waals surface area contributed by atoms with Crippen molar-refractivity contribution >= 4 is 65.8 Å². The van der Waals surface area contributed by atoms with Gasteiger partial charge in [0, 0.05) is 99.3 Å². The molecule has 0 saturated carbocycles. The van der Waals surface area contributed by atoms with E-state index in [-0.39, 0.29) is 16.2 Å². The Hall–Kier alpha value is -16.1. The Morgan fingerprint density at radius 2 is 0.500 bits per heavy atom. The Balaban J connectivity index is 0.000000109. The number of furan rings is 3. The van der Waals surface area contributed by atoms with Crippen molar-refractivity contribution in [3.8, 4) is 147 Å². The van der Waals surface area contributed by atoms with Crippen LogP contribution in [0.2, 0.25) is 0 Å². The molecule has 0 atom stereocenters. The van der Waals surface area contributed by atoms with E-state index in [0.717, 1.165) is 133 Å². The molecule has 0 N–H and O–H groups in total. The van der Waals surface area contributed by atoms with Crippen molar-refractivity contribution in [1.29, 1.82) is 0 Å². The first kappa shape index (κ1) is 74.9. The molecule has 0 unspecified atom stereocenters. The van der Waals surface area contributed by atoms with Crippen LogP contribution in [-0.2, 0) is 16.2 Å². The molecule has 13 nitrogen and oxygen atoms in total. The third kappa shape index (κ3) is 12.6. The van der Waals surface area contributed by atoms with Crippen LogP contribution in [0.4, 0.5) is 0 Å². The van der Waals surface area contributed by atoms with E-state index in [4.69, 9.17) is 58.1 Å². The molecule has 0 saturated heterocycles. The minimum absolute atomic E-state index is 0.190. The van der Waals surface area contributed by atoms with Gasteiger partial charge in [-0.05, 0) is 151 Å². The van der Waals surface area contributed by atoms with Crippen LogP contribution in [-0.4, -0.2) is 49.8 Å². The molecule has 7 aromatic heterocycles. The normalized spacial score (nSPS) is 13.3. The summed E-state index contributed by atoms with van der Waals surface area (Å²) in [5.41, 5.74) is 30.4. The Morgan fingerprint density at radius 1 is 0.190 bits per heavy atom. The predicted molar refractivity (Wildman–Crippen MR) is 506 cm³/mol. The Bertz CT molecular complexity index is 7630. The summed E-state index contributed by atoms with van der Waals surface area (Å²) in [4.78, 5) is 49.2. The van der Waals surface area contributed by atoms with E-state index in [1.54, 1.807) is 6.20 Å². The Kier molecular flexibility index (Phi) is 17.6. The first-order chi connectivity index (χ1) is 61.7. The van der Waals surface area contributed by atoms with Crippen LogP contribution >= 0.6 is 0 Å². The summed E-state index contributed by atoms with van der Waals surface area (Å²) >= 11 is 0. The van der Waals surface area contributed by atoms with Crippen LogP contribution in [0.1, 0.15) is 74.9 Å². The Morgan fingerprint density at radius 3 is 0.913 bits per heavy atom. The highest BCUT2D eigenvalue weighted by molar-refractivity contribution is 6.11. The summed E-state index contributed by atoms with van der Waals surface area (Å²) in [6.45, 7) is 13.9. The van der Waals surface area contributed by atoms with E-state index in [0.29, 0.717) is 58.1 Å². The lowest BCUT2D eigenvalue weighted by Crippen LogP contribution is -2.16. The van der Waals surface area contributed by atoms with Gasteiger partial charge in [-0.1, -0.05) is 327 Å². The molecule has 0 bridgehead atoms. The van der Waals surface area contributed by atoms with E-state index < -0.39 is 0 Å². The first-order valence-electron chi connectivity index (χ1n) is 42.6. The van der Waals surface area contributed by atoms with Gasteiger partial charge in [-0.2, -0.15) is 0 Å². The van der Waals surface area contributed by atoms with Crippen molar-refractivity contribution in [3.05, 3.63) is 397 Å². The molecule has 25 rings (SSSR count). The maximum Gasteiger partial charge on any atom is 0.182 e. The lowest BCUT2D eigenvalue weighted by atomic mass is 9.78. The van der Waals surface area contributed by atoms with Crippen molar-refractivity contribution in [3.63, 3.8) is 0 Å². The molecule has 0 radical (unpaired) electrons. The fourth-order valence-corrected chi connectivity index (χ4v) is 19.2. The van der Waals surface area contributed by atoms with Gasteiger partial charge in [0.05, 0.1) is 0 Å². The average Bonchev–Trinajstić information content (AvgIpc) is 1.56. The third-order valence-corrected chi connectivity index (χ3v) is 25.4. The predicted octanol–water partition coefficient (Wildman–Crippen LogP) is 28.3. The largest absolute Gasteiger partial charge is 0.456 e. The quantitative estimate of drug-likeness (QED) is 0.127. The number of fused-ring (bicyclic) bond motifs is 18. The molecule has 126 heavy (non-hydrogen) atoms. The minimum atomic E-state index is -0.210. The number of para-hydroxylation sites is 3. The highest BCUT2D eigenvalue weighted by Gasteiger charge is 2.42. The van der Waals surface area contributed by atoms with Gasteiger partial charge in [-0.3, -0.25) is 4.98 Å². The third-order valence-electron chi connectivity index (χ3n) is 25.4. The van der Waals surface area contributed by atoms with Crippen molar-refractivity contribution in [2.75, 3.05) is 0 Å². The molecule has 0 amide bonds. The number of rotatable bonds is 10. The molecule has 0 spiro atoms. The smallest absolute Gasteiger partial charge is 0.182 e. The molecule has 0 fully saturated rings. The van der Waals surface area contributed by atoms with Gasteiger partial charge < -0.3 is 13.3 Å². The molecule has 15 aromatic carbocycles. The summed E-state index contributed by atoms with van der Waals surface area (Å²) in [5, 5.41) is 6.89. The fourth-order valence-electron chi connectivity index (χ4n) is 19.2. The lowest BCUT2D eigenvalue weighted by Gasteiger charge is -2.24. The maximum absolute atomic E-state index is 6.32. The summed E-state index contributed by atoms with van der Waals surface area (Å²) in [7, 11) is 0. The summed E-state index contributed by atoms with van der Waals surface area (Å²) < 4.78 is 18.9. The van der Waals surface area contributed by atoms with Crippen molar-refractivity contribution in [2.45, 2.75) is 57.8 Å². The van der Waals surface area contributed by atoms with E-state index in [9.17, 15) is 0 Å². The summed E-state index contributed by atoms with van der Waals surface area (Å²) in [6, 6.07) is 123. The maximum atomic E-state index is 6.32. The van der Waals surface area contributed by atoms with Crippen molar-refractivity contribution < 1.29 is 13.3 Å². The fraction of sp³-hybridized carbons (Fsp3) is 0.0796. The second-order valence-corrected chi connectivity index (χ2v) is 34.1. The number of benzene rings is 15. The molecule has 3 aliphatic rings. The van der Waals surface area contributed by atoms with Gasteiger partial charge in [0.15, 0.2) is 52.4 Å². The number of aromatic nitrogens is 10. The summed E-state index contributed by atoms with van der Waals surface area (Å²) in [5.74, 6) is 5.74. The van der Waals surface area contributed by atoms with Crippen LogP contribution in [0.25, 0.3) is 213 Å². The number of pyridine rings is 1. The number of hydrogen-bond donors (Lipinski definition) is 0. The lowest BCUT2D eigenvalue weighted by molar-refractivity contribution is 0.657. The first-order valence-corrected chi connectivity index (χ1v) is 42.6. The van der Waals surface area contributed by atoms with Gasteiger partial charge in [0.1, 0.15) is 39.2 Å². The zero-order valence-electron chi connectivity index (χ0n) is 69.8. The zero-order chi connectivity index (χ0) is 84.5.